The van der Waals surface area contributed by atoms with Crippen LogP contribution in [-0.4, -0.2) is 22.8 Å². The highest BCUT2D eigenvalue weighted by Crippen LogP contribution is 2.74. The molecule has 0 amide bonds. The van der Waals surface area contributed by atoms with E-state index in [9.17, 15) is 0 Å². The molecule has 1 spiro atoms. The molecular weight excluding hydrogens is 677 g/mol. The molecule has 1 heterocycles. The number of rotatable bonds is 3. The molecule has 1 aliphatic heterocycles. The van der Waals surface area contributed by atoms with E-state index in [-0.39, 0.29) is 5.41 Å². The van der Waals surface area contributed by atoms with E-state index in [0.717, 1.165) is 50.4 Å². The molecule has 0 bridgehead atoms. The summed E-state index contributed by atoms with van der Waals surface area (Å²) in [5, 5.41) is 0. The van der Waals surface area contributed by atoms with Crippen LogP contribution in [0.4, 0.5) is 0 Å². The molecule has 56 heavy (non-hydrogen) atoms. The predicted molar refractivity (Wildman–Crippen MR) is 229 cm³/mol. The van der Waals surface area contributed by atoms with E-state index < -0.39 is 0 Å². The van der Waals surface area contributed by atoms with Crippen molar-refractivity contribution in [2.45, 2.75) is 115 Å². The Morgan fingerprint density at radius 3 is 2.50 bits per heavy atom. The average Bonchev–Trinajstić information content (AvgIpc) is 3.99. The van der Waals surface area contributed by atoms with Crippen LogP contribution in [0.5, 0.6) is 0 Å². The molecular formula is C54H56N2. The van der Waals surface area contributed by atoms with E-state index in [4.69, 9.17) is 4.99 Å². The summed E-state index contributed by atoms with van der Waals surface area (Å²) in [6.07, 6.45) is 60.6. The molecule has 9 unspecified atom stereocenters. The zero-order valence-corrected chi connectivity index (χ0v) is 33.1. The first-order valence-electron chi connectivity index (χ1n) is 23.0. The van der Waals surface area contributed by atoms with Crippen LogP contribution >= 0.6 is 0 Å². The van der Waals surface area contributed by atoms with E-state index in [0.29, 0.717) is 35.8 Å². The van der Waals surface area contributed by atoms with Crippen LogP contribution in [-0.2, 0) is 0 Å². The molecule has 0 saturated heterocycles. The Hall–Kier alpha value is -4.17. The second kappa shape index (κ2) is 12.4. The highest BCUT2D eigenvalue weighted by Gasteiger charge is 2.64. The SMILES string of the molecule is C1=CC(N2C(C3C=CC(C4=CCCC5=C4C4(C6=CC7C8=C(CCC=C8)C8CCCC(=C6C6CCC=CC64)C78)C4=C5CCC=C4)=CC3)=NC3CCC=CC32)=CCC1. The van der Waals surface area contributed by atoms with Crippen molar-refractivity contribution in [3.63, 3.8) is 0 Å². The Labute approximate surface area is 334 Å². The van der Waals surface area contributed by atoms with Crippen molar-refractivity contribution in [1.29, 1.82) is 0 Å². The third-order valence-electron chi connectivity index (χ3n) is 16.8. The van der Waals surface area contributed by atoms with E-state index in [2.05, 4.69) is 102 Å². The van der Waals surface area contributed by atoms with Gasteiger partial charge in [-0.3, -0.25) is 4.99 Å². The van der Waals surface area contributed by atoms with Crippen molar-refractivity contribution in [3.05, 3.63) is 164 Å². The van der Waals surface area contributed by atoms with Crippen molar-refractivity contribution < 1.29 is 0 Å². The van der Waals surface area contributed by atoms with Gasteiger partial charge in [-0.05, 0) is 177 Å². The third kappa shape index (κ3) is 4.32. The minimum Gasteiger partial charge on any atom is -0.321 e. The van der Waals surface area contributed by atoms with Gasteiger partial charge in [0.15, 0.2) is 0 Å². The van der Waals surface area contributed by atoms with Crippen LogP contribution in [0.25, 0.3) is 0 Å². The highest BCUT2D eigenvalue weighted by atomic mass is 15.3. The molecule has 2 fully saturated rings. The van der Waals surface area contributed by atoms with Crippen LogP contribution < -0.4 is 0 Å². The quantitative estimate of drug-likeness (QED) is 0.264. The number of nitrogens with zero attached hydrogens (tertiary/aromatic N) is 2. The summed E-state index contributed by atoms with van der Waals surface area (Å²) < 4.78 is 0. The molecule has 0 aromatic carbocycles. The minimum atomic E-state index is -0.0724. The van der Waals surface area contributed by atoms with Crippen LogP contribution in [0.15, 0.2) is 169 Å². The van der Waals surface area contributed by atoms with Crippen molar-refractivity contribution in [2.24, 2.45) is 45.9 Å². The third-order valence-corrected chi connectivity index (χ3v) is 16.8. The molecule has 13 rings (SSSR count). The van der Waals surface area contributed by atoms with Gasteiger partial charge in [-0.15, -0.1) is 0 Å². The fraction of sp³-hybridized carbons (Fsp3) is 0.463. The van der Waals surface area contributed by atoms with Crippen molar-refractivity contribution in [3.8, 4) is 0 Å². The van der Waals surface area contributed by atoms with Gasteiger partial charge in [-0.1, -0.05) is 102 Å². The number of allylic oxidation sites excluding steroid dienone is 25. The summed E-state index contributed by atoms with van der Waals surface area (Å²) in [7, 11) is 0. The van der Waals surface area contributed by atoms with Gasteiger partial charge < -0.3 is 4.90 Å². The van der Waals surface area contributed by atoms with Crippen molar-refractivity contribution in [1.82, 2.24) is 4.90 Å². The molecule has 13 aliphatic rings. The summed E-state index contributed by atoms with van der Waals surface area (Å²) in [6, 6.07) is 0.744. The standard InChI is InChI=1S/C54H56N2/c1-2-14-35(15-3-1)56-49-27-11-10-26-48(49)55-53(56)34-30-28-33(29-31-34)36-20-12-22-41-39-18-6-8-24-45(39)54(52(36)41)46-25-9-7-19-42(46)51-43-23-13-21-40-37-16-4-5-17-38(37)44(50(40)43)32-47(51)54/h2,5,8-9,11,14-15,17,20,24-25,27-30,32,34,40,42,44,46,48-50H,1,3-4,6-7,10,12-13,16,18-19,21-23,26,31H2. The van der Waals surface area contributed by atoms with Crippen LogP contribution in [0, 0.1) is 40.9 Å². The Morgan fingerprint density at radius 1 is 0.679 bits per heavy atom. The van der Waals surface area contributed by atoms with Gasteiger partial charge in [-0.2, -0.15) is 0 Å². The molecule has 282 valence electrons. The molecule has 0 aromatic rings. The molecule has 9 atom stereocenters. The first-order valence-corrected chi connectivity index (χ1v) is 23.0. The molecule has 0 radical (unpaired) electrons. The summed E-state index contributed by atoms with van der Waals surface area (Å²) in [6.45, 7) is 0. The predicted octanol–water partition coefficient (Wildman–Crippen LogP) is 12.7. The fourth-order valence-electron chi connectivity index (χ4n) is 14.9. The molecule has 2 heteroatoms. The number of hydrogen-bond donors (Lipinski definition) is 0. The maximum absolute atomic E-state index is 5.53. The summed E-state index contributed by atoms with van der Waals surface area (Å²) in [4.78, 5) is 8.15. The summed E-state index contributed by atoms with van der Waals surface area (Å²) in [5.41, 5.74) is 20.3. The molecule has 0 aromatic heterocycles. The molecule has 2 nitrogen and oxygen atoms in total. The van der Waals surface area contributed by atoms with Crippen molar-refractivity contribution >= 4 is 5.84 Å². The van der Waals surface area contributed by atoms with Gasteiger partial charge in [0, 0.05) is 23.5 Å². The Kier molecular flexibility index (Phi) is 7.29. The number of aliphatic imine (C=N–C) groups is 1. The lowest BCUT2D eigenvalue weighted by atomic mass is 9.59. The lowest BCUT2D eigenvalue weighted by molar-refractivity contribution is 0.320. The van der Waals surface area contributed by atoms with Gasteiger partial charge >= 0.3 is 0 Å². The zero-order valence-electron chi connectivity index (χ0n) is 33.1. The van der Waals surface area contributed by atoms with Gasteiger partial charge in [0.1, 0.15) is 5.84 Å². The summed E-state index contributed by atoms with van der Waals surface area (Å²) in [5.74, 6) is 4.84. The van der Waals surface area contributed by atoms with Crippen LogP contribution in [0.2, 0.25) is 0 Å². The largest absolute Gasteiger partial charge is 0.321 e. The average molecular weight is 733 g/mol. The minimum absolute atomic E-state index is 0.0724. The van der Waals surface area contributed by atoms with E-state index >= 15 is 0 Å². The highest BCUT2D eigenvalue weighted by molar-refractivity contribution is 5.91. The molecule has 2 saturated carbocycles. The zero-order chi connectivity index (χ0) is 36.5. The van der Waals surface area contributed by atoms with E-state index in [1.807, 2.05) is 16.7 Å². The fourth-order valence-corrected chi connectivity index (χ4v) is 14.9. The van der Waals surface area contributed by atoms with Gasteiger partial charge in [0.05, 0.1) is 17.5 Å². The lowest BCUT2D eigenvalue weighted by Crippen LogP contribution is -2.41. The molecule has 12 aliphatic carbocycles. The van der Waals surface area contributed by atoms with Crippen LogP contribution in [0.3, 0.4) is 0 Å². The normalized spacial score (nSPS) is 39.6. The topological polar surface area (TPSA) is 15.6 Å². The Morgan fingerprint density at radius 2 is 1.57 bits per heavy atom. The smallest absolute Gasteiger partial charge is 0.112 e. The molecule has 0 N–H and O–H groups in total. The van der Waals surface area contributed by atoms with Gasteiger partial charge in [0.25, 0.3) is 0 Å². The first kappa shape index (κ1) is 32.9. The Bertz CT molecular complexity index is 2320. The second-order valence-corrected chi connectivity index (χ2v) is 19.2. The van der Waals surface area contributed by atoms with E-state index in [1.54, 1.807) is 39.0 Å². The van der Waals surface area contributed by atoms with Crippen LogP contribution in [0.1, 0.15) is 103 Å². The van der Waals surface area contributed by atoms with Crippen molar-refractivity contribution in [2.75, 3.05) is 0 Å². The maximum atomic E-state index is 5.53. The maximum Gasteiger partial charge on any atom is 0.112 e. The number of fused-ring (bicyclic) bond motifs is 11. The number of hydrogen-bond acceptors (Lipinski definition) is 2. The van der Waals surface area contributed by atoms with E-state index in [1.165, 1.54) is 81.3 Å². The monoisotopic (exact) mass is 732 g/mol. The van der Waals surface area contributed by atoms with Gasteiger partial charge in [0.2, 0.25) is 0 Å². The first-order chi connectivity index (χ1) is 27.8. The Balaban J connectivity index is 0.936. The van der Waals surface area contributed by atoms with Gasteiger partial charge in [-0.25, -0.2) is 0 Å². The lowest BCUT2D eigenvalue weighted by Gasteiger charge is -2.43. The second-order valence-electron chi connectivity index (χ2n) is 19.2. The number of amidine groups is 1. The summed E-state index contributed by atoms with van der Waals surface area (Å²) >= 11 is 0.